The summed E-state index contributed by atoms with van der Waals surface area (Å²) in [4.78, 5) is 0. The third-order valence-corrected chi connectivity index (χ3v) is 8.63. The van der Waals surface area contributed by atoms with E-state index >= 15 is 0 Å². The molecule has 0 N–H and O–H groups in total. The summed E-state index contributed by atoms with van der Waals surface area (Å²) in [5, 5.41) is 2.16. The highest BCUT2D eigenvalue weighted by Gasteiger charge is 2.18. The predicted octanol–water partition coefficient (Wildman–Crippen LogP) is 13.0. The number of rotatable bonds is 7. The van der Waals surface area contributed by atoms with E-state index in [9.17, 15) is 11.0 Å². The molecule has 9 rings (SSSR count). The summed E-state index contributed by atoms with van der Waals surface area (Å²) in [5.41, 5.74) is 1.37. The van der Waals surface area contributed by atoms with Gasteiger partial charge in [0.05, 0.1) is 35.7 Å². The molecular formula is C49H35N. The fraction of sp³-hybridized carbons (Fsp3) is 0.0204. The van der Waals surface area contributed by atoms with Crippen molar-refractivity contribution in [3.63, 3.8) is 0 Å². The van der Waals surface area contributed by atoms with Crippen LogP contribution in [0.1, 0.15) is 47.3 Å². The molecule has 0 aliphatic carbocycles. The maximum Gasteiger partial charge on any atom is 0.0629 e. The molecule has 0 radical (unpaired) electrons. The highest BCUT2D eigenvalue weighted by Crippen LogP contribution is 2.37. The second-order valence-electron chi connectivity index (χ2n) is 11.6. The second kappa shape index (κ2) is 12.9. The van der Waals surface area contributed by atoms with E-state index in [-0.39, 0.29) is 5.56 Å². The van der Waals surface area contributed by atoms with Crippen molar-refractivity contribution in [3.8, 4) is 39.1 Å². The van der Waals surface area contributed by atoms with Gasteiger partial charge < -0.3 is 4.57 Å². The second-order valence-corrected chi connectivity index (χ2v) is 11.6. The molecule has 0 saturated heterocycles. The van der Waals surface area contributed by atoms with Crippen LogP contribution >= 0.6 is 0 Å². The molecule has 0 saturated carbocycles. The molecule has 0 atom stereocenters. The van der Waals surface area contributed by atoms with E-state index in [1.807, 2.05) is 60.7 Å². The molecule has 1 nitrogen and oxygen atoms in total. The Morgan fingerprint density at radius 2 is 0.840 bits per heavy atom. The standard InChI is InChI=1S/C49H35N/c1-3-12-35(13-4-1)37-22-28-40(29-23-37)49(41-30-24-38(25-31-41)36-14-5-2-6-15-36)42-32-26-39(27-33-42)43-16-11-17-44(34-43)50-47-20-9-7-18-45(47)46-19-8-10-21-48(46)50/h1-34,49H/i1D,2D,3D,4D,5D,6D,12D,13D,14D,15D,22D,23D,24D,25D,28D,29D,30D,31D. The minimum atomic E-state index is -1.60. The summed E-state index contributed by atoms with van der Waals surface area (Å²) in [6.45, 7) is 0. The molecular weight excluding hydrogens is 603 g/mol. The van der Waals surface area contributed by atoms with Crippen LogP contribution in [0.2, 0.25) is 0 Å². The maximum absolute atomic E-state index is 9.40. The van der Waals surface area contributed by atoms with Crippen molar-refractivity contribution in [2.75, 3.05) is 0 Å². The van der Waals surface area contributed by atoms with E-state index in [0.717, 1.165) is 33.1 Å². The van der Waals surface area contributed by atoms with Crippen LogP contribution < -0.4 is 0 Å². The van der Waals surface area contributed by atoms with Crippen LogP contribution in [0, 0.1) is 0 Å². The van der Waals surface area contributed by atoms with Crippen LogP contribution in [-0.2, 0) is 0 Å². The zero-order chi connectivity index (χ0) is 48.9. The molecule has 50 heavy (non-hydrogen) atoms. The lowest BCUT2D eigenvalue weighted by Crippen LogP contribution is -2.03. The number of hydrogen-bond acceptors (Lipinski definition) is 0. The normalized spacial score (nSPS) is 16.4. The monoisotopic (exact) mass is 655 g/mol. The highest BCUT2D eigenvalue weighted by atomic mass is 15.0. The number of benzene rings is 8. The predicted molar refractivity (Wildman–Crippen MR) is 211 cm³/mol. The summed E-state index contributed by atoms with van der Waals surface area (Å²) in [6, 6.07) is 16.8. The molecule has 236 valence electrons. The molecule has 0 aliphatic heterocycles. The molecule has 8 aromatic carbocycles. The first kappa shape index (κ1) is 16.3. The highest BCUT2D eigenvalue weighted by molar-refractivity contribution is 6.09. The molecule has 1 heterocycles. The lowest BCUT2D eigenvalue weighted by atomic mass is 9.83. The Morgan fingerprint density at radius 3 is 1.36 bits per heavy atom. The van der Waals surface area contributed by atoms with Crippen molar-refractivity contribution in [1.82, 2.24) is 4.57 Å². The van der Waals surface area contributed by atoms with Crippen molar-refractivity contribution >= 4 is 21.8 Å². The number of fused-ring (bicyclic) bond motifs is 3. The molecule has 0 unspecified atom stereocenters. The summed E-state index contributed by atoms with van der Waals surface area (Å²) < 4.78 is 160. The molecule has 0 amide bonds. The summed E-state index contributed by atoms with van der Waals surface area (Å²) in [5.74, 6) is -1.60. The summed E-state index contributed by atoms with van der Waals surface area (Å²) in [7, 11) is 0. The van der Waals surface area contributed by atoms with Crippen molar-refractivity contribution in [1.29, 1.82) is 0 Å². The van der Waals surface area contributed by atoms with Gasteiger partial charge >= 0.3 is 0 Å². The number of nitrogens with zero attached hydrogens (tertiary/aromatic N) is 1. The van der Waals surface area contributed by atoms with Crippen LogP contribution in [0.5, 0.6) is 0 Å². The van der Waals surface area contributed by atoms with Crippen LogP contribution in [0.4, 0.5) is 0 Å². The SMILES string of the molecule is [2H]c1c([2H])c([2H])c(-c2c([2H])c([2H])c(C(c3ccc(-c4cccc(-n5c6ccccc6c6ccccc65)c4)cc3)c3c([2H])c([2H])c(-c4c([2H])c([2H])c([2H])c([2H])c4[2H])c([2H])c3[2H])c([2H])c2[2H])c([2H])c1[2H]. The van der Waals surface area contributed by atoms with Gasteiger partial charge in [0, 0.05) is 22.4 Å². The van der Waals surface area contributed by atoms with E-state index in [1.54, 1.807) is 24.3 Å². The van der Waals surface area contributed by atoms with E-state index in [0.29, 0.717) is 5.56 Å². The maximum atomic E-state index is 9.40. The van der Waals surface area contributed by atoms with Gasteiger partial charge in [-0.15, -0.1) is 0 Å². The fourth-order valence-electron chi connectivity index (χ4n) is 6.30. The van der Waals surface area contributed by atoms with Crippen LogP contribution in [0.25, 0.3) is 60.9 Å². The van der Waals surface area contributed by atoms with Gasteiger partial charge in [-0.25, -0.2) is 0 Å². The zero-order valence-electron chi connectivity index (χ0n) is 44.3. The Hall–Kier alpha value is -6.44. The average Bonchev–Trinajstić information content (AvgIpc) is 3.68. The smallest absolute Gasteiger partial charge is 0.0629 e. The molecule has 1 heteroatoms. The van der Waals surface area contributed by atoms with Crippen molar-refractivity contribution in [2.24, 2.45) is 0 Å². The van der Waals surface area contributed by atoms with E-state index in [4.69, 9.17) is 13.7 Å². The largest absolute Gasteiger partial charge is 0.309 e. The third-order valence-electron chi connectivity index (χ3n) is 8.63. The number of hydrogen-bond donors (Lipinski definition) is 0. The Kier molecular flexibility index (Phi) is 4.20. The Morgan fingerprint density at radius 1 is 0.360 bits per heavy atom. The van der Waals surface area contributed by atoms with Gasteiger partial charge in [-0.3, -0.25) is 0 Å². The lowest BCUT2D eigenvalue weighted by Gasteiger charge is -2.20. The molecule has 9 aromatic rings. The van der Waals surface area contributed by atoms with Crippen LogP contribution in [-0.4, -0.2) is 4.57 Å². The Balaban J connectivity index is 1.27. The topological polar surface area (TPSA) is 4.93 Å². The summed E-state index contributed by atoms with van der Waals surface area (Å²) >= 11 is 0. The molecule has 0 bridgehead atoms. The van der Waals surface area contributed by atoms with Crippen LogP contribution in [0.15, 0.2) is 206 Å². The van der Waals surface area contributed by atoms with Gasteiger partial charge in [0.1, 0.15) is 0 Å². The first-order chi connectivity index (χ1) is 32.3. The van der Waals surface area contributed by atoms with Crippen molar-refractivity contribution < 1.29 is 24.7 Å². The zero-order valence-corrected chi connectivity index (χ0v) is 26.3. The van der Waals surface area contributed by atoms with Gasteiger partial charge in [-0.2, -0.15) is 0 Å². The molecule has 0 fully saturated rings. The van der Waals surface area contributed by atoms with Gasteiger partial charge in [0.25, 0.3) is 0 Å². The Bertz CT molecular complexity index is 3310. The lowest BCUT2D eigenvalue weighted by molar-refractivity contribution is 0.978. The Labute approximate surface area is 318 Å². The number of aromatic nitrogens is 1. The first-order valence-electron chi connectivity index (χ1n) is 24.8. The molecule has 1 aromatic heterocycles. The van der Waals surface area contributed by atoms with Gasteiger partial charge in [0.2, 0.25) is 0 Å². The fourth-order valence-corrected chi connectivity index (χ4v) is 6.30. The van der Waals surface area contributed by atoms with E-state index in [1.165, 1.54) is 0 Å². The summed E-state index contributed by atoms with van der Waals surface area (Å²) in [6.07, 6.45) is 0. The quantitative estimate of drug-likeness (QED) is 0.151. The van der Waals surface area contributed by atoms with Gasteiger partial charge in [-0.05, 0) is 74.3 Å². The number of para-hydroxylation sites is 2. The minimum Gasteiger partial charge on any atom is -0.309 e. The van der Waals surface area contributed by atoms with Crippen molar-refractivity contribution in [3.05, 3.63) is 223 Å². The third kappa shape index (κ3) is 5.49. The first-order valence-corrected chi connectivity index (χ1v) is 15.8. The molecule has 0 aliphatic rings. The molecule has 0 spiro atoms. The van der Waals surface area contributed by atoms with E-state index in [2.05, 4.69) is 16.7 Å². The minimum absolute atomic E-state index is 0.194. The van der Waals surface area contributed by atoms with Crippen molar-refractivity contribution in [2.45, 2.75) is 5.92 Å². The van der Waals surface area contributed by atoms with Gasteiger partial charge in [0.15, 0.2) is 0 Å². The van der Waals surface area contributed by atoms with Crippen LogP contribution in [0.3, 0.4) is 0 Å². The van der Waals surface area contributed by atoms with E-state index < -0.39 is 148 Å². The average molecular weight is 656 g/mol. The van der Waals surface area contributed by atoms with Gasteiger partial charge in [-0.1, -0.05) is 182 Å².